The van der Waals surface area contributed by atoms with E-state index in [0.29, 0.717) is 5.56 Å². The van der Waals surface area contributed by atoms with Gasteiger partial charge in [0.1, 0.15) is 6.54 Å². The molecule has 0 radical (unpaired) electrons. The van der Waals surface area contributed by atoms with Crippen molar-refractivity contribution >= 4 is 17.7 Å². The van der Waals surface area contributed by atoms with E-state index in [2.05, 4.69) is 5.32 Å². The Morgan fingerprint density at radius 1 is 1.50 bits per heavy atom. The molecule has 14 heavy (non-hydrogen) atoms. The highest BCUT2D eigenvalue weighted by Gasteiger charge is 2.03. The van der Waals surface area contributed by atoms with E-state index in [1.54, 1.807) is 23.9 Å². The average Bonchev–Trinajstić information content (AvgIpc) is 2.26. The smallest absolute Gasteiger partial charge is 0.252 e. The molecule has 0 heterocycles. The minimum Gasteiger partial charge on any atom is -0.339 e. The molecule has 0 atom stereocenters. The molecule has 0 saturated heterocycles. The molecule has 0 spiro atoms. The molecule has 0 aliphatic rings. The van der Waals surface area contributed by atoms with Gasteiger partial charge in [-0.15, -0.1) is 11.8 Å². The maximum Gasteiger partial charge on any atom is 0.252 e. The van der Waals surface area contributed by atoms with Crippen molar-refractivity contribution in [1.29, 1.82) is 5.26 Å². The van der Waals surface area contributed by atoms with Crippen LogP contribution in [0.3, 0.4) is 0 Å². The summed E-state index contributed by atoms with van der Waals surface area (Å²) in [4.78, 5) is 12.4. The summed E-state index contributed by atoms with van der Waals surface area (Å²) in [5, 5.41) is 10.8. The molecule has 0 saturated carbocycles. The normalized spacial score (nSPS) is 9.14. The summed E-state index contributed by atoms with van der Waals surface area (Å²) in [6.07, 6.45) is 1.98. The van der Waals surface area contributed by atoms with Crippen LogP contribution >= 0.6 is 11.8 Å². The Balaban J connectivity index is 2.67. The lowest BCUT2D eigenvalue weighted by Gasteiger charge is -2.01. The van der Waals surface area contributed by atoms with Gasteiger partial charge in [-0.3, -0.25) is 4.79 Å². The van der Waals surface area contributed by atoms with Gasteiger partial charge in [-0.1, -0.05) is 0 Å². The number of nitriles is 1. The third kappa shape index (κ3) is 2.79. The zero-order valence-electron chi connectivity index (χ0n) is 7.78. The Labute approximate surface area is 87.1 Å². The maximum absolute atomic E-state index is 11.3. The molecular formula is C10H10N2OS. The summed E-state index contributed by atoms with van der Waals surface area (Å²) in [6, 6.07) is 9.11. The van der Waals surface area contributed by atoms with Gasteiger partial charge in [0.15, 0.2) is 0 Å². The van der Waals surface area contributed by atoms with Gasteiger partial charge in [0.05, 0.1) is 6.07 Å². The first-order valence-electron chi connectivity index (χ1n) is 4.07. The van der Waals surface area contributed by atoms with Crippen LogP contribution in [0.2, 0.25) is 0 Å². The lowest BCUT2D eigenvalue weighted by Crippen LogP contribution is -2.23. The highest BCUT2D eigenvalue weighted by molar-refractivity contribution is 7.98. The van der Waals surface area contributed by atoms with Crippen LogP contribution in [0.4, 0.5) is 0 Å². The van der Waals surface area contributed by atoms with Crippen LogP contribution in [0.5, 0.6) is 0 Å². The number of carbonyl (C=O) groups is 1. The summed E-state index contributed by atoms with van der Waals surface area (Å²) >= 11 is 1.62. The number of hydrogen-bond acceptors (Lipinski definition) is 3. The van der Waals surface area contributed by atoms with Crippen LogP contribution < -0.4 is 5.32 Å². The Morgan fingerprint density at radius 2 is 2.14 bits per heavy atom. The molecule has 1 aromatic rings. The van der Waals surface area contributed by atoms with Crippen LogP contribution in [0.15, 0.2) is 29.2 Å². The molecular weight excluding hydrogens is 196 g/mol. The van der Waals surface area contributed by atoms with Gasteiger partial charge in [0.2, 0.25) is 0 Å². The fourth-order valence-corrected chi connectivity index (χ4v) is 1.37. The molecule has 0 aromatic heterocycles. The Bertz CT molecular complexity index is 353. The van der Waals surface area contributed by atoms with Crippen LogP contribution in [0, 0.1) is 11.3 Å². The van der Waals surface area contributed by atoms with Crippen LogP contribution in [0.25, 0.3) is 0 Å². The van der Waals surface area contributed by atoms with E-state index in [4.69, 9.17) is 5.26 Å². The number of nitrogens with one attached hydrogen (secondary N) is 1. The van der Waals surface area contributed by atoms with Crippen LogP contribution in [-0.2, 0) is 0 Å². The van der Waals surface area contributed by atoms with Crippen molar-refractivity contribution < 1.29 is 4.79 Å². The molecule has 0 aliphatic carbocycles. The molecule has 0 aliphatic heterocycles. The van der Waals surface area contributed by atoms with Crippen molar-refractivity contribution in [2.75, 3.05) is 12.8 Å². The number of hydrogen-bond donors (Lipinski definition) is 1. The largest absolute Gasteiger partial charge is 0.339 e. The monoisotopic (exact) mass is 206 g/mol. The Hall–Kier alpha value is -1.47. The van der Waals surface area contributed by atoms with Gasteiger partial charge in [0, 0.05) is 10.5 Å². The zero-order valence-corrected chi connectivity index (χ0v) is 8.60. The molecule has 72 valence electrons. The number of rotatable bonds is 3. The summed E-state index contributed by atoms with van der Waals surface area (Å²) < 4.78 is 0. The van der Waals surface area contributed by atoms with E-state index in [-0.39, 0.29) is 12.5 Å². The highest BCUT2D eigenvalue weighted by atomic mass is 32.2. The van der Waals surface area contributed by atoms with Gasteiger partial charge >= 0.3 is 0 Å². The molecule has 1 amide bonds. The molecule has 0 fully saturated rings. The average molecular weight is 206 g/mol. The maximum atomic E-state index is 11.3. The highest BCUT2D eigenvalue weighted by Crippen LogP contribution is 2.14. The van der Waals surface area contributed by atoms with Gasteiger partial charge in [0.25, 0.3) is 5.91 Å². The second-order valence-corrected chi connectivity index (χ2v) is 3.45. The van der Waals surface area contributed by atoms with Crippen molar-refractivity contribution in [3.05, 3.63) is 29.8 Å². The van der Waals surface area contributed by atoms with E-state index in [9.17, 15) is 4.79 Å². The topological polar surface area (TPSA) is 52.9 Å². The Kier molecular flexibility index (Phi) is 4.02. The van der Waals surface area contributed by atoms with E-state index in [1.807, 2.05) is 24.5 Å². The van der Waals surface area contributed by atoms with E-state index < -0.39 is 0 Å². The Morgan fingerprint density at radius 3 is 2.64 bits per heavy atom. The number of amides is 1. The van der Waals surface area contributed by atoms with E-state index in [1.165, 1.54) is 0 Å². The molecule has 4 heteroatoms. The van der Waals surface area contributed by atoms with Crippen molar-refractivity contribution in [1.82, 2.24) is 5.32 Å². The fourth-order valence-electron chi connectivity index (χ4n) is 0.964. The quantitative estimate of drug-likeness (QED) is 0.604. The summed E-state index contributed by atoms with van der Waals surface area (Å²) in [5.74, 6) is -0.209. The predicted octanol–water partition coefficient (Wildman–Crippen LogP) is 1.66. The number of carbonyl (C=O) groups excluding carboxylic acids is 1. The van der Waals surface area contributed by atoms with Crippen molar-refractivity contribution in [3.8, 4) is 6.07 Å². The minimum atomic E-state index is -0.209. The van der Waals surface area contributed by atoms with Crippen molar-refractivity contribution in [2.24, 2.45) is 0 Å². The van der Waals surface area contributed by atoms with Gasteiger partial charge in [-0.25, -0.2) is 0 Å². The summed E-state index contributed by atoms with van der Waals surface area (Å²) in [6.45, 7) is 0.0448. The molecule has 3 nitrogen and oxygen atoms in total. The first-order valence-corrected chi connectivity index (χ1v) is 5.29. The second kappa shape index (κ2) is 5.30. The number of benzene rings is 1. The third-order valence-corrected chi connectivity index (χ3v) is 2.42. The van der Waals surface area contributed by atoms with Crippen LogP contribution in [-0.4, -0.2) is 18.7 Å². The molecule has 1 rings (SSSR count). The van der Waals surface area contributed by atoms with Gasteiger partial charge in [-0.2, -0.15) is 5.26 Å². The predicted molar refractivity (Wildman–Crippen MR) is 56.2 cm³/mol. The molecule has 1 aromatic carbocycles. The molecule has 0 unspecified atom stereocenters. The SMILES string of the molecule is CSc1ccc(C(=O)NCC#N)cc1. The first-order chi connectivity index (χ1) is 6.77. The van der Waals surface area contributed by atoms with Crippen molar-refractivity contribution in [3.63, 3.8) is 0 Å². The minimum absolute atomic E-state index is 0.0448. The third-order valence-electron chi connectivity index (χ3n) is 1.68. The van der Waals surface area contributed by atoms with Crippen LogP contribution in [0.1, 0.15) is 10.4 Å². The summed E-state index contributed by atoms with van der Waals surface area (Å²) in [7, 11) is 0. The number of thioether (sulfide) groups is 1. The standard InChI is InChI=1S/C10H10N2OS/c1-14-9-4-2-8(3-5-9)10(13)12-7-6-11/h2-5H,7H2,1H3,(H,12,13). The van der Waals surface area contributed by atoms with E-state index >= 15 is 0 Å². The molecule has 1 N–H and O–H groups in total. The van der Waals surface area contributed by atoms with E-state index in [0.717, 1.165) is 4.90 Å². The molecule has 0 bridgehead atoms. The second-order valence-electron chi connectivity index (χ2n) is 2.57. The lowest BCUT2D eigenvalue weighted by molar-refractivity contribution is 0.0958. The zero-order chi connectivity index (χ0) is 10.4. The van der Waals surface area contributed by atoms with Gasteiger partial charge in [-0.05, 0) is 30.5 Å². The summed E-state index contributed by atoms with van der Waals surface area (Å²) in [5.41, 5.74) is 0.582. The lowest BCUT2D eigenvalue weighted by atomic mass is 10.2. The number of nitrogens with zero attached hydrogens (tertiary/aromatic N) is 1. The van der Waals surface area contributed by atoms with Gasteiger partial charge < -0.3 is 5.32 Å². The fraction of sp³-hybridized carbons (Fsp3) is 0.200. The first kappa shape index (κ1) is 10.6. The van der Waals surface area contributed by atoms with Crippen molar-refractivity contribution in [2.45, 2.75) is 4.90 Å².